The van der Waals surface area contributed by atoms with Crippen molar-refractivity contribution < 1.29 is 21.6 Å². The zero-order chi connectivity index (χ0) is 12.7. The van der Waals surface area contributed by atoms with E-state index in [2.05, 4.69) is 5.10 Å². The molecule has 1 rings (SSSR count). The molecule has 1 heterocycles. The van der Waals surface area contributed by atoms with Gasteiger partial charge >= 0.3 is 6.18 Å². The highest BCUT2D eigenvalue weighted by Crippen LogP contribution is 2.29. The smallest absolute Gasteiger partial charge is 0.256 e. The molecule has 1 radical (unpaired) electrons. The number of aromatic nitrogens is 2. The fraction of sp³-hybridized carbons (Fsp3) is 0.625. The van der Waals surface area contributed by atoms with E-state index in [1.807, 2.05) is 0 Å². The highest BCUT2D eigenvalue weighted by Gasteiger charge is 2.37. The number of nitrogens with zero attached hydrogens (tertiary/aromatic N) is 2. The highest BCUT2D eigenvalue weighted by molar-refractivity contribution is 7.91. The molecule has 1 aromatic heterocycles. The van der Waals surface area contributed by atoms with Crippen LogP contribution in [0.1, 0.15) is 19.5 Å². The molecule has 1 aromatic rings. The van der Waals surface area contributed by atoms with Gasteiger partial charge in [-0.15, -0.1) is 0 Å². The molecule has 0 unspecified atom stereocenters. The van der Waals surface area contributed by atoms with Crippen LogP contribution in [-0.2, 0) is 23.1 Å². The second-order valence-corrected chi connectivity index (χ2v) is 5.91. The predicted octanol–water partition coefficient (Wildman–Crippen LogP) is 1.42. The van der Waals surface area contributed by atoms with Crippen molar-refractivity contribution in [1.82, 2.24) is 9.78 Å². The van der Waals surface area contributed by atoms with Gasteiger partial charge in [-0.2, -0.15) is 18.3 Å². The minimum Gasteiger partial charge on any atom is -0.256 e. The number of hydrogen-bond donors (Lipinski definition) is 0. The number of halogens is 3. The van der Waals surface area contributed by atoms with Crippen molar-refractivity contribution in [2.24, 2.45) is 7.05 Å². The lowest BCUT2D eigenvalue weighted by atomic mass is 10.4. The topological polar surface area (TPSA) is 52.0 Å². The molecular formula is C8H10F3N2O2S. The summed E-state index contributed by atoms with van der Waals surface area (Å²) >= 11 is 0. The van der Waals surface area contributed by atoms with Crippen LogP contribution in [0.15, 0.2) is 5.03 Å². The minimum atomic E-state index is -4.69. The maximum absolute atomic E-state index is 12.3. The molecule has 0 aliphatic carbocycles. The third kappa shape index (κ3) is 2.21. The summed E-state index contributed by atoms with van der Waals surface area (Å²) in [7, 11) is -2.66. The van der Waals surface area contributed by atoms with E-state index in [4.69, 9.17) is 0 Å². The average Bonchev–Trinajstić information content (AvgIpc) is 2.46. The van der Waals surface area contributed by atoms with Gasteiger partial charge in [0.15, 0.2) is 20.6 Å². The van der Waals surface area contributed by atoms with Gasteiger partial charge in [-0.05, 0) is 13.8 Å². The molecule has 8 heteroatoms. The van der Waals surface area contributed by atoms with Gasteiger partial charge < -0.3 is 0 Å². The second kappa shape index (κ2) is 3.76. The summed E-state index contributed by atoms with van der Waals surface area (Å²) in [6.45, 7) is 2.76. The second-order valence-electron chi connectivity index (χ2n) is 3.49. The summed E-state index contributed by atoms with van der Waals surface area (Å²) in [5.41, 5.74) is -1.32. The van der Waals surface area contributed by atoms with E-state index in [1.54, 1.807) is 6.07 Å². The predicted molar refractivity (Wildman–Crippen MR) is 49.4 cm³/mol. The van der Waals surface area contributed by atoms with Crippen LogP contribution in [0.5, 0.6) is 0 Å². The standard InChI is InChI=1S/C8H10F3N2O2S/c1-5(2)16(14,15)7-4-6(8(9,10)11)12-13(7)3/h5H,1-3H3. The maximum Gasteiger partial charge on any atom is 0.435 e. The van der Waals surface area contributed by atoms with Crippen LogP contribution in [-0.4, -0.2) is 23.4 Å². The van der Waals surface area contributed by atoms with Crippen LogP contribution < -0.4 is 0 Å². The molecule has 0 N–H and O–H groups in total. The lowest BCUT2D eigenvalue weighted by molar-refractivity contribution is -0.141. The molecule has 0 aliphatic rings. The molecule has 0 fully saturated rings. The van der Waals surface area contributed by atoms with Crippen LogP contribution >= 0.6 is 0 Å². The number of alkyl halides is 3. The van der Waals surface area contributed by atoms with Gasteiger partial charge in [-0.1, -0.05) is 0 Å². The first kappa shape index (κ1) is 13.0. The van der Waals surface area contributed by atoms with Gasteiger partial charge in [0.25, 0.3) is 0 Å². The Hall–Kier alpha value is -1.05. The summed E-state index contributed by atoms with van der Waals surface area (Å²) < 4.78 is 60.8. The van der Waals surface area contributed by atoms with E-state index in [-0.39, 0.29) is 0 Å². The lowest BCUT2D eigenvalue weighted by Crippen LogP contribution is -2.17. The molecule has 4 nitrogen and oxygen atoms in total. The van der Waals surface area contributed by atoms with Crippen molar-refractivity contribution in [3.05, 3.63) is 11.8 Å². The van der Waals surface area contributed by atoms with Gasteiger partial charge in [0.2, 0.25) is 0 Å². The Kier molecular flexibility index (Phi) is 3.06. The van der Waals surface area contributed by atoms with Crippen LogP contribution in [0.25, 0.3) is 0 Å². The number of aryl methyl sites for hydroxylation is 1. The zero-order valence-electron chi connectivity index (χ0n) is 8.83. The summed E-state index contributed by atoms with van der Waals surface area (Å²) in [5, 5.41) is 1.72. The Balaban J connectivity index is 3.34. The third-order valence-corrected chi connectivity index (χ3v) is 4.07. The van der Waals surface area contributed by atoms with Crippen LogP contribution in [0.4, 0.5) is 13.2 Å². The van der Waals surface area contributed by atoms with Crippen LogP contribution in [0, 0.1) is 6.07 Å². The van der Waals surface area contributed by atoms with Crippen molar-refractivity contribution in [3.8, 4) is 0 Å². The molecule has 0 amide bonds. The van der Waals surface area contributed by atoms with Gasteiger partial charge in [-0.3, -0.25) is 4.68 Å². The Morgan fingerprint density at radius 3 is 2.19 bits per heavy atom. The molecule has 0 spiro atoms. The van der Waals surface area contributed by atoms with Crippen molar-refractivity contribution >= 4 is 9.84 Å². The van der Waals surface area contributed by atoms with Gasteiger partial charge in [0.05, 0.1) is 11.3 Å². The molecule has 0 aromatic carbocycles. The SMILES string of the molecule is CC(C)S(=O)(=O)c1[c]c(C(F)(F)F)nn1C. The van der Waals surface area contributed by atoms with E-state index < -0.39 is 32.0 Å². The number of sulfone groups is 1. The Labute approximate surface area is 91.0 Å². The maximum atomic E-state index is 12.3. The third-order valence-electron chi connectivity index (χ3n) is 1.93. The molecule has 0 atom stereocenters. The number of hydrogen-bond acceptors (Lipinski definition) is 3. The van der Waals surface area contributed by atoms with E-state index in [1.165, 1.54) is 13.8 Å². The summed E-state index contributed by atoms with van der Waals surface area (Å²) in [6.07, 6.45) is -4.69. The average molecular weight is 255 g/mol. The van der Waals surface area contributed by atoms with E-state index in [9.17, 15) is 21.6 Å². The molecule has 0 saturated carbocycles. The quantitative estimate of drug-likeness (QED) is 0.803. The first-order valence-corrected chi connectivity index (χ1v) is 5.89. The lowest BCUT2D eigenvalue weighted by Gasteiger charge is -2.06. The van der Waals surface area contributed by atoms with Crippen molar-refractivity contribution in [3.63, 3.8) is 0 Å². The van der Waals surface area contributed by atoms with Crippen molar-refractivity contribution in [1.29, 1.82) is 0 Å². The molecule has 0 bridgehead atoms. The molecular weight excluding hydrogens is 245 g/mol. The van der Waals surface area contributed by atoms with Crippen molar-refractivity contribution in [2.45, 2.75) is 30.3 Å². The summed E-state index contributed by atoms with van der Waals surface area (Å²) in [5.74, 6) is 0. The van der Waals surface area contributed by atoms with Crippen molar-refractivity contribution in [2.75, 3.05) is 0 Å². The minimum absolute atomic E-state index is 0.546. The fourth-order valence-electron chi connectivity index (χ4n) is 1.01. The molecule has 0 aliphatic heterocycles. The van der Waals surface area contributed by atoms with E-state index >= 15 is 0 Å². The molecule has 0 saturated heterocycles. The first-order valence-electron chi connectivity index (χ1n) is 4.34. The normalized spacial score (nSPS) is 13.4. The molecule has 91 valence electrons. The van der Waals surface area contributed by atoms with Gasteiger partial charge in [0, 0.05) is 7.05 Å². The first-order chi connectivity index (χ1) is 7.06. The van der Waals surface area contributed by atoms with E-state index in [0.717, 1.165) is 7.05 Å². The Morgan fingerprint density at radius 1 is 1.38 bits per heavy atom. The monoisotopic (exact) mass is 255 g/mol. The van der Waals surface area contributed by atoms with Crippen LogP contribution in [0.2, 0.25) is 0 Å². The number of rotatable bonds is 2. The Morgan fingerprint density at radius 2 is 1.88 bits per heavy atom. The van der Waals surface area contributed by atoms with E-state index in [0.29, 0.717) is 4.68 Å². The fourth-order valence-corrected chi connectivity index (χ4v) is 2.10. The van der Waals surface area contributed by atoms with Gasteiger partial charge in [0.1, 0.15) is 0 Å². The summed E-state index contributed by atoms with van der Waals surface area (Å²) in [6, 6.07) is 1.78. The molecule has 16 heavy (non-hydrogen) atoms. The summed E-state index contributed by atoms with van der Waals surface area (Å²) in [4.78, 5) is 0. The zero-order valence-corrected chi connectivity index (χ0v) is 9.65. The Bertz CT molecular complexity index is 488. The van der Waals surface area contributed by atoms with Gasteiger partial charge in [-0.25, -0.2) is 8.42 Å². The largest absolute Gasteiger partial charge is 0.435 e. The van der Waals surface area contributed by atoms with Crippen LogP contribution in [0.3, 0.4) is 0 Å². The highest BCUT2D eigenvalue weighted by atomic mass is 32.2.